The van der Waals surface area contributed by atoms with Crippen molar-refractivity contribution in [2.24, 2.45) is 23.3 Å². The molecule has 0 aliphatic carbocycles. The molecule has 3 aliphatic rings. The molecule has 1 aromatic carbocycles. The van der Waals surface area contributed by atoms with Crippen molar-refractivity contribution >= 4 is 41.4 Å². The van der Waals surface area contributed by atoms with Gasteiger partial charge < -0.3 is 93.9 Å². The zero-order valence-electron chi connectivity index (χ0n) is 45.4. The molecule has 4 rings (SSSR count). The number of hydrogen-bond acceptors (Lipinski definition) is 19. The van der Waals surface area contributed by atoms with Crippen LogP contribution in [-0.4, -0.2) is 214 Å². The summed E-state index contributed by atoms with van der Waals surface area (Å²) in [7, 11) is 0. The lowest BCUT2D eigenvalue weighted by Crippen LogP contribution is -2.65. The monoisotopic (exact) mass is 1110 g/mol. The van der Waals surface area contributed by atoms with Crippen LogP contribution in [0.5, 0.6) is 5.75 Å². The molecule has 0 radical (unpaired) electrons. The number of hydroxylamine groups is 2. The molecular weight excluding hydrogens is 1020 g/mol. The van der Waals surface area contributed by atoms with E-state index in [9.17, 15) is 79.6 Å². The van der Waals surface area contributed by atoms with Gasteiger partial charge in [0.15, 0.2) is 0 Å². The Morgan fingerprint density at radius 1 is 0.731 bits per heavy atom. The number of carbonyl (C=O) groups excluding carboxylic acids is 7. The van der Waals surface area contributed by atoms with Crippen molar-refractivity contribution in [2.45, 2.75) is 203 Å². The predicted octanol–water partition coefficient (Wildman–Crippen LogP) is -3.21. The molecule has 26 heteroatoms. The molecule has 78 heavy (non-hydrogen) atoms. The molecule has 0 bridgehead atoms. The van der Waals surface area contributed by atoms with Crippen LogP contribution in [0.15, 0.2) is 24.3 Å². The van der Waals surface area contributed by atoms with Crippen LogP contribution in [0.2, 0.25) is 0 Å². The van der Waals surface area contributed by atoms with Gasteiger partial charge in [0, 0.05) is 45.4 Å². The number of unbranched alkanes of at least 4 members (excludes halogenated alkanes) is 5. The van der Waals surface area contributed by atoms with E-state index < -0.39 is 152 Å². The number of aliphatic hydroxyl groups is 7. The Bertz CT molecular complexity index is 2110. The zero-order valence-corrected chi connectivity index (χ0v) is 45.4. The minimum Gasteiger partial charge on any atom is -0.508 e. The Balaban J connectivity index is 1.75. The van der Waals surface area contributed by atoms with Crippen LogP contribution in [0.25, 0.3) is 0 Å². The molecule has 7 amide bonds. The molecule has 3 aliphatic heterocycles. The number of phenolic OH excluding ortho intramolecular Hbond substituents is 1. The largest absolute Gasteiger partial charge is 0.508 e. The van der Waals surface area contributed by atoms with Crippen molar-refractivity contribution in [1.82, 2.24) is 41.4 Å². The van der Waals surface area contributed by atoms with Crippen LogP contribution in [0, 0.1) is 11.8 Å². The van der Waals surface area contributed by atoms with Gasteiger partial charge in [0.2, 0.25) is 41.4 Å². The predicted molar refractivity (Wildman–Crippen MR) is 281 cm³/mol. The summed E-state index contributed by atoms with van der Waals surface area (Å²) in [6.07, 6.45) is -8.31. The minimum atomic E-state index is -2.30. The number of amides is 7. The minimum absolute atomic E-state index is 0.0735. The number of nitrogens with one attached hydrogen (secondary N) is 5. The molecule has 26 nitrogen and oxygen atoms in total. The van der Waals surface area contributed by atoms with Crippen molar-refractivity contribution in [3.05, 3.63) is 29.8 Å². The van der Waals surface area contributed by atoms with Crippen molar-refractivity contribution in [3.8, 4) is 5.75 Å². The molecule has 442 valence electrons. The number of rotatable bonds is 23. The first-order valence-electron chi connectivity index (χ1n) is 27.5. The number of aromatic hydroxyl groups is 1. The number of aliphatic hydroxyl groups excluding tert-OH is 7. The molecule has 0 spiro atoms. The van der Waals surface area contributed by atoms with Gasteiger partial charge in [-0.15, -0.1) is 0 Å². The van der Waals surface area contributed by atoms with E-state index in [0.717, 1.165) is 67.4 Å². The second-order valence-electron chi connectivity index (χ2n) is 21.4. The molecule has 0 aromatic heterocycles. The van der Waals surface area contributed by atoms with Crippen LogP contribution in [0.1, 0.15) is 129 Å². The van der Waals surface area contributed by atoms with Crippen molar-refractivity contribution in [1.29, 1.82) is 0 Å². The fraction of sp³-hybridized carbons (Fsp3) is 0.750. The second kappa shape index (κ2) is 31.6. The third-order valence-corrected chi connectivity index (χ3v) is 15.0. The highest BCUT2D eigenvalue weighted by Gasteiger charge is 2.49. The number of carbonyl (C=O) groups is 7. The molecule has 0 saturated carbocycles. The number of hydrogen-bond donors (Lipinski definition) is 16. The average molecular weight is 1110 g/mol. The third-order valence-electron chi connectivity index (χ3n) is 15.0. The summed E-state index contributed by atoms with van der Waals surface area (Å²) in [5.74, 6) is -6.89. The van der Waals surface area contributed by atoms with Crippen LogP contribution in [0.3, 0.4) is 0 Å². The first-order chi connectivity index (χ1) is 36.9. The SMILES string of the molecule is CC[C@H](C)C[C@H](C)CCCCCCCCC(=O)N[C@H]1C[C@@H](O)[C@@H](N(O)CCN)NC(=O)[C@@H]2[C@@H](O)CCN2C(=O)[C@H]([C@H](O)CCN)NC(=O)[C@H]([C@H](O)[C@@H](O)c2ccc(O)cc2)NC(=O)[C@@H]2C[C@@H](O)CN2C(=O)[C@H]([C@@H](C)O)NC1=O. The Hall–Kier alpha value is -5.13. The number of benzene rings is 1. The normalized spacial score (nSPS) is 28.5. The summed E-state index contributed by atoms with van der Waals surface area (Å²) in [5.41, 5.74) is 11.4. The van der Waals surface area contributed by atoms with E-state index in [-0.39, 0.29) is 50.2 Å². The standard InChI is InChI=1S/C52H88N10O16/c1-5-28(2)24-29(3)12-10-8-6-7-9-11-13-39(69)55-34-26-38(68)46(62(78)23-21-54)59-50(75)43-37(67)19-22-60(43)52(77)41(36(66)18-20-53)57-49(74)42(45(71)44(70)31-14-16-32(64)17-15-31)58-48(73)35-25-33(65)27-61(35)51(76)40(30(4)63)56-47(34)72/h14-17,28-30,33-38,40-46,63-68,70-71,78H,5-13,18-27,53-54H2,1-4H3,(H,55,69)(H,56,72)(H,57,74)(H,58,73)(H,59,75)/t28-,29+,30+,33+,34-,35-,36+,37-,38+,40-,41-,42-,43-,44-,45-,46+/m0/s1. The Labute approximate surface area is 455 Å². The lowest BCUT2D eigenvalue weighted by Gasteiger charge is -2.36. The second-order valence-corrected chi connectivity index (χ2v) is 21.4. The molecule has 3 heterocycles. The first kappa shape index (κ1) is 65.4. The van der Waals surface area contributed by atoms with Gasteiger partial charge in [-0.2, -0.15) is 5.06 Å². The summed E-state index contributed by atoms with van der Waals surface area (Å²) in [5, 5.41) is 113. The molecule has 16 atom stereocenters. The van der Waals surface area contributed by atoms with E-state index in [2.05, 4.69) is 47.4 Å². The van der Waals surface area contributed by atoms with Crippen LogP contribution >= 0.6 is 0 Å². The van der Waals surface area contributed by atoms with Gasteiger partial charge >= 0.3 is 0 Å². The van der Waals surface area contributed by atoms with Crippen molar-refractivity contribution in [2.75, 3.05) is 32.7 Å². The highest BCUT2D eigenvalue weighted by atomic mass is 16.5. The average Bonchev–Trinajstić information content (AvgIpc) is 4.03. The first-order valence-corrected chi connectivity index (χ1v) is 27.5. The molecule has 3 saturated heterocycles. The van der Waals surface area contributed by atoms with Gasteiger partial charge in [0.25, 0.3) is 0 Å². The zero-order chi connectivity index (χ0) is 58.0. The van der Waals surface area contributed by atoms with E-state index in [0.29, 0.717) is 29.7 Å². The highest BCUT2D eigenvalue weighted by molar-refractivity contribution is 5.98. The highest BCUT2D eigenvalue weighted by Crippen LogP contribution is 2.27. The maximum atomic E-state index is 14.6. The maximum Gasteiger partial charge on any atom is 0.248 e. The van der Waals surface area contributed by atoms with Crippen LogP contribution in [0.4, 0.5) is 0 Å². The van der Waals surface area contributed by atoms with Crippen LogP contribution in [-0.2, 0) is 33.6 Å². The van der Waals surface area contributed by atoms with Gasteiger partial charge in [-0.3, -0.25) is 33.6 Å². The topological polar surface area (TPSA) is 423 Å². The maximum absolute atomic E-state index is 14.6. The summed E-state index contributed by atoms with van der Waals surface area (Å²) in [4.78, 5) is 102. The molecular formula is C52H88N10O16. The summed E-state index contributed by atoms with van der Waals surface area (Å²) in [6.45, 7) is 5.96. The summed E-state index contributed by atoms with van der Waals surface area (Å²) >= 11 is 0. The van der Waals surface area contributed by atoms with E-state index in [1.807, 2.05) is 0 Å². The van der Waals surface area contributed by atoms with Crippen molar-refractivity contribution in [3.63, 3.8) is 0 Å². The Morgan fingerprint density at radius 2 is 1.35 bits per heavy atom. The van der Waals surface area contributed by atoms with E-state index in [1.54, 1.807) is 0 Å². The summed E-state index contributed by atoms with van der Waals surface area (Å²) in [6, 6.07) is -6.82. The number of fused-ring (bicyclic) bond motifs is 2. The lowest BCUT2D eigenvalue weighted by molar-refractivity contribution is -0.173. The van der Waals surface area contributed by atoms with Gasteiger partial charge in [0.1, 0.15) is 60.4 Å². The van der Waals surface area contributed by atoms with Gasteiger partial charge in [0.05, 0.1) is 30.5 Å². The lowest BCUT2D eigenvalue weighted by atomic mass is 9.91. The van der Waals surface area contributed by atoms with Crippen molar-refractivity contribution < 1.29 is 79.6 Å². The number of phenols is 1. The van der Waals surface area contributed by atoms with E-state index >= 15 is 0 Å². The van der Waals surface area contributed by atoms with Crippen LogP contribution < -0.4 is 38.1 Å². The summed E-state index contributed by atoms with van der Waals surface area (Å²) < 4.78 is 0. The third kappa shape index (κ3) is 18.5. The Kier molecular flexibility index (Phi) is 26.5. The molecule has 3 fully saturated rings. The smallest absolute Gasteiger partial charge is 0.248 e. The molecule has 18 N–H and O–H groups in total. The van der Waals surface area contributed by atoms with Gasteiger partial charge in [-0.25, -0.2) is 0 Å². The Morgan fingerprint density at radius 3 is 1.97 bits per heavy atom. The van der Waals surface area contributed by atoms with E-state index in [1.165, 1.54) is 18.6 Å². The number of nitrogens with zero attached hydrogens (tertiary/aromatic N) is 3. The van der Waals surface area contributed by atoms with E-state index in [4.69, 9.17) is 11.5 Å². The van der Waals surface area contributed by atoms with Gasteiger partial charge in [-0.1, -0.05) is 77.8 Å². The fourth-order valence-electron chi connectivity index (χ4n) is 10.4. The molecule has 0 unspecified atom stereocenters. The molecule has 1 aromatic rings. The van der Waals surface area contributed by atoms with Gasteiger partial charge in [-0.05, 0) is 68.7 Å². The quantitative estimate of drug-likeness (QED) is 0.0379. The fourth-order valence-corrected chi connectivity index (χ4v) is 10.4. The number of nitrogens with two attached hydrogens (primary N) is 2.